The maximum absolute atomic E-state index is 11.9. The standard InChI is InChI=1S/C13H18N4O2S/c18-12(16-3-6-19-7-4-16)1-2-14-9-11-10-17-5-8-20-13(17)15-11/h5,8,10,14H,1-4,6-7,9H2. The number of hydrogen-bond donors (Lipinski definition) is 1. The molecule has 20 heavy (non-hydrogen) atoms. The van der Waals surface area contributed by atoms with Gasteiger partial charge in [0.15, 0.2) is 4.96 Å². The first-order valence-corrected chi connectivity index (χ1v) is 7.68. The molecule has 0 bridgehead atoms. The minimum absolute atomic E-state index is 0.201. The number of imidazole rings is 1. The van der Waals surface area contributed by atoms with Gasteiger partial charge >= 0.3 is 0 Å². The summed E-state index contributed by atoms with van der Waals surface area (Å²) >= 11 is 1.62. The van der Waals surface area contributed by atoms with Gasteiger partial charge in [0.25, 0.3) is 0 Å². The fourth-order valence-electron chi connectivity index (χ4n) is 2.24. The van der Waals surface area contributed by atoms with Crippen LogP contribution in [0.25, 0.3) is 4.96 Å². The van der Waals surface area contributed by atoms with E-state index in [9.17, 15) is 4.79 Å². The molecule has 7 heteroatoms. The summed E-state index contributed by atoms with van der Waals surface area (Å²) in [5.74, 6) is 0.201. The first-order chi connectivity index (χ1) is 9.83. The van der Waals surface area contributed by atoms with Gasteiger partial charge in [0.2, 0.25) is 5.91 Å². The van der Waals surface area contributed by atoms with Crippen molar-refractivity contribution in [2.45, 2.75) is 13.0 Å². The predicted molar refractivity (Wildman–Crippen MR) is 76.8 cm³/mol. The van der Waals surface area contributed by atoms with Gasteiger partial charge in [-0.15, -0.1) is 11.3 Å². The lowest BCUT2D eigenvalue weighted by molar-refractivity contribution is -0.135. The van der Waals surface area contributed by atoms with Crippen LogP contribution in [0.15, 0.2) is 17.8 Å². The number of nitrogens with zero attached hydrogens (tertiary/aromatic N) is 3. The van der Waals surface area contributed by atoms with E-state index in [4.69, 9.17) is 4.74 Å². The summed E-state index contributed by atoms with van der Waals surface area (Å²) in [4.78, 5) is 19.3. The lowest BCUT2D eigenvalue weighted by atomic mass is 10.3. The van der Waals surface area contributed by atoms with Crippen LogP contribution in [0.5, 0.6) is 0 Å². The van der Waals surface area contributed by atoms with E-state index in [1.54, 1.807) is 11.3 Å². The van der Waals surface area contributed by atoms with Gasteiger partial charge in [-0.3, -0.25) is 9.20 Å². The average molecular weight is 294 g/mol. The summed E-state index contributed by atoms with van der Waals surface area (Å²) < 4.78 is 7.25. The van der Waals surface area contributed by atoms with E-state index in [0.717, 1.165) is 23.7 Å². The molecule has 0 aliphatic carbocycles. The zero-order chi connectivity index (χ0) is 13.8. The van der Waals surface area contributed by atoms with Crippen molar-refractivity contribution >= 4 is 22.2 Å². The topological polar surface area (TPSA) is 58.9 Å². The van der Waals surface area contributed by atoms with Gasteiger partial charge in [-0.25, -0.2) is 4.98 Å². The first kappa shape index (κ1) is 13.5. The van der Waals surface area contributed by atoms with Crippen LogP contribution in [0.2, 0.25) is 0 Å². The van der Waals surface area contributed by atoms with Crippen molar-refractivity contribution < 1.29 is 9.53 Å². The Balaban J connectivity index is 1.39. The van der Waals surface area contributed by atoms with Gasteiger partial charge in [0.1, 0.15) is 0 Å². The third-order valence-corrected chi connectivity index (χ3v) is 4.10. The number of carbonyl (C=O) groups excluding carboxylic acids is 1. The molecule has 1 aliphatic heterocycles. The number of nitrogens with one attached hydrogen (secondary N) is 1. The van der Waals surface area contributed by atoms with Crippen LogP contribution >= 0.6 is 11.3 Å². The summed E-state index contributed by atoms with van der Waals surface area (Å²) in [7, 11) is 0. The number of amides is 1. The van der Waals surface area contributed by atoms with E-state index in [-0.39, 0.29) is 5.91 Å². The zero-order valence-electron chi connectivity index (χ0n) is 11.2. The minimum atomic E-state index is 0.201. The highest BCUT2D eigenvalue weighted by molar-refractivity contribution is 7.15. The SMILES string of the molecule is O=C(CCNCc1cn2ccsc2n1)N1CCOCC1. The molecule has 3 heterocycles. The average Bonchev–Trinajstić information content (AvgIpc) is 3.05. The van der Waals surface area contributed by atoms with Crippen molar-refractivity contribution in [3.63, 3.8) is 0 Å². The normalized spacial score (nSPS) is 15.9. The Morgan fingerprint density at radius 3 is 3.10 bits per heavy atom. The van der Waals surface area contributed by atoms with E-state index in [1.807, 2.05) is 27.1 Å². The lowest BCUT2D eigenvalue weighted by Crippen LogP contribution is -2.41. The molecule has 0 spiro atoms. The van der Waals surface area contributed by atoms with Crippen molar-refractivity contribution in [3.05, 3.63) is 23.5 Å². The van der Waals surface area contributed by atoms with Gasteiger partial charge < -0.3 is 15.0 Å². The molecule has 0 radical (unpaired) electrons. The third-order valence-electron chi connectivity index (χ3n) is 3.33. The molecule has 0 unspecified atom stereocenters. The predicted octanol–water partition coefficient (Wildman–Crippen LogP) is 0.734. The Labute approximate surface area is 121 Å². The molecule has 1 aliphatic rings. The molecular formula is C13H18N4O2S. The van der Waals surface area contributed by atoms with Crippen molar-refractivity contribution in [2.75, 3.05) is 32.8 Å². The van der Waals surface area contributed by atoms with Crippen LogP contribution in [0, 0.1) is 0 Å². The van der Waals surface area contributed by atoms with Crippen molar-refractivity contribution in [1.82, 2.24) is 19.6 Å². The summed E-state index contributed by atoms with van der Waals surface area (Å²) in [6.45, 7) is 4.13. The number of ether oxygens (including phenoxy) is 1. The summed E-state index contributed by atoms with van der Waals surface area (Å²) in [5, 5.41) is 5.29. The molecule has 0 aromatic carbocycles. The number of thiazole rings is 1. The highest BCUT2D eigenvalue weighted by Crippen LogP contribution is 2.11. The molecule has 1 saturated heterocycles. The van der Waals surface area contributed by atoms with Crippen molar-refractivity contribution in [1.29, 1.82) is 0 Å². The van der Waals surface area contributed by atoms with Crippen LogP contribution in [0.3, 0.4) is 0 Å². The number of hydrogen-bond acceptors (Lipinski definition) is 5. The highest BCUT2D eigenvalue weighted by atomic mass is 32.1. The minimum Gasteiger partial charge on any atom is -0.378 e. The van der Waals surface area contributed by atoms with E-state index < -0.39 is 0 Å². The molecule has 0 atom stereocenters. The number of rotatable bonds is 5. The Bertz CT molecular complexity index is 545. The molecular weight excluding hydrogens is 276 g/mol. The number of aromatic nitrogens is 2. The third kappa shape index (κ3) is 3.17. The quantitative estimate of drug-likeness (QED) is 0.826. The van der Waals surface area contributed by atoms with Gasteiger partial charge in [-0.2, -0.15) is 0 Å². The van der Waals surface area contributed by atoms with E-state index >= 15 is 0 Å². The van der Waals surface area contributed by atoms with Gasteiger partial charge in [-0.05, 0) is 0 Å². The number of fused-ring (bicyclic) bond motifs is 1. The molecule has 6 nitrogen and oxygen atoms in total. The van der Waals surface area contributed by atoms with Crippen LogP contribution < -0.4 is 5.32 Å². The Morgan fingerprint density at radius 1 is 1.45 bits per heavy atom. The molecule has 1 amide bonds. The van der Waals surface area contributed by atoms with E-state index in [0.29, 0.717) is 32.7 Å². The maximum Gasteiger partial charge on any atom is 0.224 e. The largest absolute Gasteiger partial charge is 0.378 e. The second-order valence-electron chi connectivity index (χ2n) is 4.75. The molecule has 2 aromatic rings. The Morgan fingerprint density at radius 2 is 2.30 bits per heavy atom. The fraction of sp³-hybridized carbons (Fsp3) is 0.538. The van der Waals surface area contributed by atoms with Crippen LogP contribution in [0.4, 0.5) is 0 Å². The Hall–Kier alpha value is -1.44. The van der Waals surface area contributed by atoms with Gasteiger partial charge in [-0.1, -0.05) is 0 Å². The fourth-order valence-corrected chi connectivity index (χ4v) is 2.96. The first-order valence-electron chi connectivity index (χ1n) is 6.80. The molecule has 1 fully saturated rings. The Kier molecular flexibility index (Phi) is 4.29. The molecule has 108 valence electrons. The second-order valence-corrected chi connectivity index (χ2v) is 5.62. The van der Waals surface area contributed by atoms with Crippen LogP contribution in [-0.4, -0.2) is 53.0 Å². The van der Waals surface area contributed by atoms with E-state index in [1.165, 1.54) is 0 Å². The lowest BCUT2D eigenvalue weighted by Gasteiger charge is -2.26. The number of carbonyl (C=O) groups is 1. The van der Waals surface area contributed by atoms with Gasteiger partial charge in [0.05, 0.1) is 18.9 Å². The van der Waals surface area contributed by atoms with Gasteiger partial charge in [0, 0.05) is 50.4 Å². The van der Waals surface area contributed by atoms with Crippen LogP contribution in [0.1, 0.15) is 12.1 Å². The molecule has 3 rings (SSSR count). The zero-order valence-corrected chi connectivity index (χ0v) is 12.1. The molecule has 1 N–H and O–H groups in total. The van der Waals surface area contributed by atoms with Crippen molar-refractivity contribution in [3.8, 4) is 0 Å². The van der Waals surface area contributed by atoms with Crippen LogP contribution in [-0.2, 0) is 16.1 Å². The smallest absolute Gasteiger partial charge is 0.224 e. The monoisotopic (exact) mass is 294 g/mol. The summed E-state index contributed by atoms with van der Waals surface area (Å²) in [5.41, 5.74) is 1.01. The van der Waals surface area contributed by atoms with Crippen molar-refractivity contribution in [2.24, 2.45) is 0 Å². The number of morpholine rings is 1. The summed E-state index contributed by atoms with van der Waals surface area (Å²) in [6, 6.07) is 0. The highest BCUT2D eigenvalue weighted by Gasteiger charge is 2.15. The maximum atomic E-state index is 11.9. The molecule has 0 saturated carbocycles. The second kappa shape index (κ2) is 6.34. The van der Waals surface area contributed by atoms with E-state index in [2.05, 4.69) is 10.3 Å². The summed E-state index contributed by atoms with van der Waals surface area (Å²) in [6.07, 6.45) is 4.54. The molecule has 2 aromatic heterocycles.